The number of nitrogens with zero attached hydrogens (tertiary/aromatic N) is 2. The molecule has 1 aromatic heterocycles. The van der Waals surface area contributed by atoms with Crippen molar-refractivity contribution in [3.63, 3.8) is 0 Å². The van der Waals surface area contributed by atoms with Gasteiger partial charge in [0.15, 0.2) is 0 Å². The summed E-state index contributed by atoms with van der Waals surface area (Å²) in [5.74, 6) is -0.0961. The first-order valence-electron chi connectivity index (χ1n) is 6.02. The number of alkyl halides is 1. The van der Waals surface area contributed by atoms with E-state index >= 15 is 0 Å². The molecule has 0 saturated heterocycles. The second-order valence-corrected chi connectivity index (χ2v) is 4.73. The number of nitrogens with one attached hydrogen (secondary N) is 1. The maximum atomic E-state index is 11.9. The SMILES string of the molecule is CCc1nn(C)cc1C(=O)NCCC(Cl)COC. The highest BCUT2D eigenvalue weighted by atomic mass is 35.5. The van der Waals surface area contributed by atoms with Gasteiger partial charge in [0, 0.05) is 26.9 Å². The number of methoxy groups -OCH3 is 1. The summed E-state index contributed by atoms with van der Waals surface area (Å²) in [6.45, 7) is 3.01. The highest BCUT2D eigenvalue weighted by molar-refractivity contribution is 6.20. The maximum absolute atomic E-state index is 11.9. The van der Waals surface area contributed by atoms with Gasteiger partial charge < -0.3 is 10.1 Å². The maximum Gasteiger partial charge on any atom is 0.254 e. The molecule has 0 bridgehead atoms. The van der Waals surface area contributed by atoms with Crippen molar-refractivity contribution in [2.45, 2.75) is 25.1 Å². The Morgan fingerprint density at radius 3 is 3.00 bits per heavy atom. The molecule has 1 rings (SSSR count). The van der Waals surface area contributed by atoms with Gasteiger partial charge in [-0.25, -0.2) is 0 Å². The Bertz CT molecular complexity index is 393. The molecule has 5 nitrogen and oxygen atoms in total. The number of amides is 1. The van der Waals surface area contributed by atoms with E-state index in [2.05, 4.69) is 10.4 Å². The number of ether oxygens (including phenoxy) is 1. The van der Waals surface area contributed by atoms with Gasteiger partial charge in [0.1, 0.15) is 0 Å². The number of carbonyl (C=O) groups excluding carboxylic acids is 1. The molecule has 1 unspecified atom stereocenters. The summed E-state index contributed by atoms with van der Waals surface area (Å²) in [5.41, 5.74) is 1.45. The van der Waals surface area contributed by atoms with E-state index in [0.717, 1.165) is 12.1 Å². The molecule has 1 amide bonds. The minimum absolute atomic E-state index is 0.0742. The Labute approximate surface area is 112 Å². The normalized spacial score (nSPS) is 12.4. The molecular formula is C12H20ClN3O2. The zero-order valence-electron chi connectivity index (χ0n) is 11.1. The quantitative estimate of drug-likeness (QED) is 0.763. The predicted molar refractivity (Wildman–Crippen MR) is 71.1 cm³/mol. The van der Waals surface area contributed by atoms with Crippen LogP contribution in [0.15, 0.2) is 6.20 Å². The molecule has 1 atom stereocenters. The molecule has 0 spiro atoms. The lowest BCUT2D eigenvalue weighted by molar-refractivity contribution is 0.0950. The van der Waals surface area contributed by atoms with E-state index in [0.29, 0.717) is 25.1 Å². The van der Waals surface area contributed by atoms with Crippen LogP contribution in [0.3, 0.4) is 0 Å². The highest BCUT2D eigenvalue weighted by Crippen LogP contribution is 2.07. The number of hydrogen-bond acceptors (Lipinski definition) is 3. The second-order valence-electron chi connectivity index (χ2n) is 4.11. The Morgan fingerprint density at radius 2 is 2.39 bits per heavy atom. The average Bonchev–Trinajstić information content (AvgIpc) is 2.70. The third kappa shape index (κ3) is 4.31. The fourth-order valence-corrected chi connectivity index (χ4v) is 1.92. The summed E-state index contributed by atoms with van der Waals surface area (Å²) >= 11 is 5.98. The van der Waals surface area contributed by atoms with Gasteiger partial charge in [-0.2, -0.15) is 5.10 Å². The number of aryl methyl sites for hydroxylation is 2. The van der Waals surface area contributed by atoms with Gasteiger partial charge in [-0.1, -0.05) is 6.92 Å². The van der Waals surface area contributed by atoms with Gasteiger partial charge in [0.25, 0.3) is 5.91 Å². The van der Waals surface area contributed by atoms with Crippen molar-refractivity contribution in [3.8, 4) is 0 Å². The van der Waals surface area contributed by atoms with Crippen LogP contribution in [0.2, 0.25) is 0 Å². The summed E-state index contributed by atoms with van der Waals surface area (Å²) in [6.07, 6.45) is 3.16. The van der Waals surface area contributed by atoms with Crippen LogP contribution in [-0.2, 0) is 18.2 Å². The van der Waals surface area contributed by atoms with E-state index in [1.807, 2.05) is 14.0 Å². The lowest BCUT2D eigenvalue weighted by Crippen LogP contribution is -2.27. The number of aromatic nitrogens is 2. The Kier molecular flexibility index (Phi) is 6.15. The van der Waals surface area contributed by atoms with Crippen LogP contribution in [0.1, 0.15) is 29.4 Å². The molecule has 1 N–H and O–H groups in total. The number of rotatable bonds is 7. The molecule has 0 aliphatic heterocycles. The highest BCUT2D eigenvalue weighted by Gasteiger charge is 2.14. The van der Waals surface area contributed by atoms with Crippen molar-refractivity contribution < 1.29 is 9.53 Å². The third-order valence-electron chi connectivity index (χ3n) is 2.58. The van der Waals surface area contributed by atoms with Gasteiger partial charge in [-0.3, -0.25) is 9.48 Å². The van der Waals surface area contributed by atoms with Gasteiger partial charge in [-0.05, 0) is 12.8 Å². The van der Waals surface area contributed by atoms with E-state index in [1.165, 1.54) is 0 Å². The minimum atomic E-state index is -0.0961. The summed E-state index contributed by atoms with van der Waals surface area (Å²) < 4.78 is 6.58. The molecule has 102 valence electrons. The Balaban J connectivity index is 2.45. The van der Waals surface area contributed by atoms with Crippen LogP contribution in [0.4, 0.5) is 0 Å². The van der Waals surface area contributed by atoms with Gasteiger partial charge in [0.2, 0.25) is 0 Å². The molecule has 18 heavy (non-hydrogen) atoms. The van der Waals surface area contributed by atoms with Gasteiger partial charge in [-0.15, -0.1) is 11.6 Å². The van der Waals surface area contributed by atoms with E-state index in [1.54, 1.807) is 18.0 Å². The largest absolute Gasteiger partial charge is 0.383 e. The van der Waals surface area contributed by atoms with Crippen molar-refractivity contribution in [3.05, 3.63) is 17.5 Å². The molecule has 0 saturated carbocycles. The first kappa shape index (κ1) is 15.0. The van der Waals surface area contributed by atoms with Crippen LogP contribution in [-0.4, -0.2) is 41.3 Å². The standard InChI is InChI=1S/C12H20ClN3O2/c1-4-11-10(7-16(2)15-11)12(17)14-6-5-9(13)8-18-3/h7,9H,4-6,8H2,1-3H3,(H,14,17). The summed E-state index contributed by atoms with van der Waals surface area (Å²) in [4.78, 5) is 11.9. The molecule has 0 aliphatic rings. The fourth-order valence-electron chi connectivity index (χ4n) is 1.69. The van der Waals surface area contributed by atoms with Crippen LogP contribution in [0.5, 0.6) is 0 Å². The van der Waals surface area contributed by atoms with E-state index < -0.39 is 0 Å². The van der Waals surface area contributed by atoms with Crippen LogP contribution in [0.25, 0.3) is 0 Å². The van der Waals surface area contributed by atoms with Crippen LogP contribution >= 0.6 is 11.6 Å². The fraction of sp³-hybridized carbons (Fsp3) is 0.667. The molecule has 0 aliphatic carbocycles. The van der Waals surface area contributed by atoms with Crippen LogP contribution < -0.4 is 5.32 Å². The lowest BCUT2D eigenvalue weighted by Gasteiger charge is -2.09. The summed E-state index contributed by atoms with van der Waals surface area (Å²) in [7, 11) is 3.42. The smallest absolute Gasteiger partial charge is 0.254 e. The molecule has 0 radical (unpaired) electrons. The van der Waals surface area contributed by atoms with Crippen molar-refractivity contribution in [2.75, 3.05) is 20.3 Å². The zero-order chi connectivity index (χ0) is 13.5. The predicted octanol–water partition coefficient (Wildman–Crippen LogP) is 1.36. The minimum Gasteiger partial charge on any atom is -0.383 e. The monoisotopic (exact) mass is 273 g/mol. The zero-order valence-corrected chi connectivity index (χ0v) is 11.8. The van der Waals surface area contributed by atoms with Crippen molar-refractivity contribution >= 4 is 17.5 Å². The molecule has 1 aromatic rings. The topological polar surface area (TPSA) is 56.2 Å². The third-order valence-corrected chi connectivity index (χ3v) is 2.92. The number of carbonyl (C=O) groups is 1. The van der Waals surface area contributed by atoms with Crippen molar-refractivity contribution in [1.29, 1.82) is 0 Å². The number of hydrogen-bond donors (Lipinski definition) is 1. The van der Waals surface area contributed by atoms with E-state index in [-0.39, 0.29) is 11.3 Å². The Morgan fingerprint density at radius 1 is 1.67 bits per heavy atom. The number of halogens is 1. The van der Waals surface area contributed by atoms with Crippen molar-refractivity contribution in [2.24, 2.45) is 7.05 Å². The summed E-state index contributed by atoms with van der Waals surface area (Å²) in [5, 5.41) is 7.00. The second kappa shape index (κ2) is 7.38. The first-order valence-corrected chi connectivity index (χ1v) is 6.45. The molecule has 1 heterocycles. The van der Waals surface area contributed by atoms with Gasteiger partial charge in [0.05, 0.1) is 23.2 Å². The molecular weight excluding hydrogens is 254 g/mol. The first-order chi connectivity index (χ1) is 8.58. The van der Waals surface area contributed by atoms with Crippen LogP contribution in [0, 0.1) is 0 Å². The molecule has 0 fully saturated rings. The van der Waals surface area contributed by atoms with E-state index in [4.69, 9.17) is 16.3 Å². The molecule has 6 heteroatoms. The molecule has 0 aromatic carbocycles. The summed E-state index contributed by atoms with van der Waals surface area (Å²) in [6, 6.07) is 0. The van der Waals surface area contributed by atoms with E-state index in [9.17, 15) is 4.79 Å². The lowest BCUT2D eigenvalue weighted by atomic mass is 10.2. The Hall–Kier alpha value is -1.07. The van der Waals surface area contributed by atoms with Crippen molar-refractivity contribution in [1.82, 2.24) is 15.1 Å². The van der Waals surface area contributed by atoms with Gasteiger partial charge >= 0.3 is 0 Å². The average molecular weight is 274 g/mol.